The first-order valence-electron chi connectivity index (χ1n) is 8.87. The number of fused-ring (bicyclic) bond motifs is 9. The molecule has 0 aliphatic heterocycles. The first kappa shape index (κ1) is 13.6. The van der Waals surface area contributed by atoms with Gasteiger partial charge in [0.1, 0.15) is 0 Å². The van der Waals surface area contributed by atoms with Crippen LogP contribution in [0.2, 0.25) is 0 Å². The maximum Gasteiger partial charge on any atom is 0.0481 e. The molecule has 0 aromatic heterocycles. The van der Waals surface area contributed by atoms with E-state index in [4.69, 9.17) is 0 Å². The average molecular weight is 278 g/mol. The molecule has 0 heterocycles. The standard InChI is InChI=1S/C18H30O2/c1-9-10(2)15-6-14(9)17-13-4-12(3-11(7-19)8-20)16(5-13)18(15)17/h9-20H,3-8H2,1-2H3. The van der Waals surface area contributed by atoms with Gasteiger partial charge >= 0.3 is 0 Å². The van der Waals surface area contributed by atoms with Crippen LogP contribution in [0.1, 0.15) is 39.5 Å². The fourth-order valence-corrected chi connectivity index (χ4v) is 7.27. The third-order valence-electron chi connectivity index (χ3n) is 8.13. The quantitative estimate of drug-likeness (QED) is 0.776. The predicted molar refractivity (Wildman–Crippen MR) is 78.9 cm³/mol. The Morgan fingerprint density at radius 1 is 0.850 bits per heavy atom. The monoisotopic (exact) mass is 278 g/mol. The molecule has 4 rings (SSSR count). The Hall–Kier alpha value is -0.0800. The molecule has 4 aliphatic carbocycles. The van der Waals surface area contributed by atoms with Crippen LogP contribution < -0.4 is 0 Å². The number of hydrogen-bond acceptors (Lipinski definition) is 2. The van der Waals surface area contributed by atoms with Gasteiger partial charge in [-0.05, 0) is 78.9 Å². The van der Waals surface area contributed by atoms with E-state index in [9.17, 15) is 10.2 Å². The van der Waals surface area contributed by atoms with E-state index in [1.165, 1.54) is 19.3 Å². The van der Waals surface area contributed by atoms with Crippen LogP contribution in [0.15, 0.2) is 0 Å². The van der Waals surface area contributed by atoms with Crippen molar-refractivity contribution in [2.24, 2.45) is 59.2 Å². The Kier molecular flexibility index (Phi) is 3.20. The van der Waals surface area contributed by atoms with E-state index in [1.807, 2.05) is 0 Å². The zero-order valence-corrected chi connectivity index (χ0v) is 12.9. The molecule has 9 atom stereocenters. The fourth-order valence-electron chi connectivity index (χ4n) is 7.27. The molecule has 4 bridgehead atoms. The Morgan fingerprint density at radius 3 is 2.15 bits per heavy atom. The molecular formula is C18H30O2. The van der Waals surface area contributed by atoms with E-state index in [0.717, 1.165) is 59.7 Å². The van der Waals surface area contributed by atoms with Crippen LogP contribution in [0.3, 0.4) is 0 Å². The van der Waals surface area contributed by atoms with Crippen molar-refractivity contribution in [3.8, 4) is 0 Å². The smallest absolute Gasteiger partial charge is 0.0481 e. The van der Waals surface area contributed by atoms with E-state index in [2.05, 4.69) is 13.8 Å². The number of aliphatic hydroxyl groups excluding tert-OH is 2. The van der Waals surface area contributed by atoms with E-state index >= 15 is 0 Å². The molecule has 0 spiro atoms. The van der Waals surface area contributed by atoms with Crippen LogP contribution in [-0.2, 0) is 0 Å². The molecule has 2 heteroatoms. The van der Waals surface area contributed by atoms with Gasteiger partial charge in [-0.3, -0.25) is 0 Å². The van der Waals surface area contributed by atoms with Gasteiger partial charge in [-0.1, -0.05) is 13.8 Å². The second kappa shape index (κ2) is 4.71. The van der Waals surface area contributed by atoms with Crippen LogP contribution in [0.4, 0.5) is 0 Å². The normalized spacial score (nSPS) is 56.0. The number of rotatable bonds is 4. The largest absolute Gasteiger partial charge is 0.396 e. The van der Waals surface area contributed by atoms with Crippen LogP contribution >= 0.6 is 0 Å². The third-order valence-corrected chi connectivity index (χ3v) is 8.13. The maximum atomic E-state index is 9.37. The predicted octanol–water partition coefficient (Wildman–Crippen LogP) is 2.79. The first-order valence-corrected chi connectivity index (χ1v) is 8.87. The molecular weight excluding hydrogens is 248 g/mol. The first-order chi connectivity index (χ1) is 9.65. The topological polar surface area (TPSA) is 40.5 Å². The van der Waals surface area contributed by atoms with Crippen LogP contribution in [0.25, 0.3) is 0 Å². The lowest BCUT2D eigenvalue weighted by atomic mass is 9.61. The van der Waals surface area contributed by atoms with E-state index < -0.39 is 0 Å². The van der Waals surface area contributed by atoms with E-state index in [0.29, 0.717) is 0 Å². The second-order valence-corrected chi connectivity index (χ2v) is 8.56. The van der Waals surface area contributed by atoms with Crippen molar-refractivity contribution in [2.75, 3.05) is 13.2 Å². The lowest BCUT2D eigenvalue weighted by molar-refractivity contribution is 0.0311. The maximum absolute atomic E-state index is 9.37. The zero-order valence-electron chi connectivity index (χ0n) is 12.9. The summed E-state index contributed by atoms with van der Waals surface area (Å²) in [6.45, 7) is 5.33. The summed E-state index contributed by atoms with van der Waals surface area (Å²) in [7, 11) is 0. The van der Waals surface area contributed by atoms with Gasteiger partial charge in [-0.25, -0.2) is 0 Å². The number of hydrogen-bond donors (Lipinski definition) is 2. The van der Waals surface area contributed by atoms with Crippen molar-refractivity contribution in [3.63, 3.8) is 0 Å². The van der Waals surface area contributed by atoms with Gasteiger partial charge in [0.2, 0.25) is 0 Å². The highest BCUT2D eigenvalue weighted by Crippen LogP contribution is 2.71. The minimum Gasteiger partial charge on any atom is -0.396 e. The highest BCUT2D eigenvalue weighted by Gasteiger charge is 2.65. The molecule has 0 saturated heterocycles. The fraction of sp³-hybridized carbons (Fsp3) is 1.00. The van der Waals surface area contributed by atoms with Gasteiger partial charge in [0.25, 0.3) is 0 Å². The average Bonchev–Trinajstić information content (AvgIpc) is 3.16. The summed E-state index contributed by atoms with van der Waals surface area (Å²) in [5, 5.41) is 18.7. The summed E-state index contributed by atoms with van der Waals surface area (Å²) >= 11 is 0. The zero-order chi connectivity index (χ0) is 14.0. The van der Waals surface area contributed by atoms with Gasteiger partial charge in [0, 0.05) is 19.1 Å². The van der Waals surface area contributed by atoms with E-state index in [-0.39, 0.29) is 19.1 Å². The SMILES string of the molecule is CC1C(C)C2CC1C1C3CC(CC(CO)CO)C(C3)C21. The van der Waals surface area contributed by atoms with Gasteiger partial charge in [-0.15, -0.1) is 0 Å². The summed E-state index contributed by atoms with van der Waals surface area (Å²) in [4.78, 5) is 0. The molecule has 2 nitrogen and oxygen atoms in total. The second-order valence-electron chi connectivity index (χ2n) is 8.56. The summed E-state index contributed by atoms with van der Waals surface area (Å²) in [5.41, 5.74) is 0. The van der Waals surface area contributed by atoms with Crippen LogP contribution in [0.5, 0.6) is 0 Å². The van der Waals surface area contributed by atoms with Gasteiger partial charge in [0.15, 0.2) is 0 Å². The van der Waals surface area contributed by atoms with E-state index in [1.54, 1.807) is 0 Å². The van der Waals surface area contributed by atoms with Crippen LogP contribution in [-0.4, -0.2) is 23.4 Å². The highest BCUT2D eigenvalue weighted by molar-refractivity contribution is 5.13. The molecule has 4 saturated carbocycles. The summed E-state index contributed by atoms with van der Waals surface area (Å²) in [5.74, 6) is 8.83. The highest BCUT2D eigenvalue weighted by atomic mass is 16.3. The molecule has 0 aromatic rings. The molecule has 2 N–H and O–H groups in total. The van der Waals surface area contributed by atoms with Crippen molar-refractivity contribution in [3.05, 3.63) is 0 Å². The lowest BCUT2D eigenvalue weighted by Crippen LogP contribution is -2.39. The minimum atomic E-state index is 0.132. The number of aliphatic hydroxyl groups is 2. The Bertz CT molecular complexity index is 378. The van der Waals surface area contributed by atoms with Crippen molar-refractivity contribution < 1.29 is 10.2 Å². The molecule has 4 fully saturated rings. The molecule has 114 valence electrons. The van der Waals surface area contributed by atoms with Crippen molar-refractivity contribution in [2.45, 2.75) is 39.5 Å². The third kappa shape index (κ3) is 1.64. The van der Waals surface area contributed by atoms with Crippen molar-refractivity contribution in [1.29, 1.82) is 0 Å². The summed E-state index contributed by atoms with van der Waals surface area (Å²) < 4.78 is 0. The van der Waals surface area contributed by atoms with Crippen molar-refractivity contribution >= 4 is 0 Å². The molecule has 0 aromatic carbocycles. The molecule has 20 heavy (non-hydrogen) atoms. The molecule has 0 radical (unpaired) electrons. The molecule has 0 amide bonds. The molecule has 9 unspecified atom stereocenters. The summed E-state index contributed by atoms with van der Waals surface area (Å²) in [6.07, 6.45) is 5.45. The lowest BCUT2D eigenvalue weighted by Gasteiger charge is -2.44. The Balaban J connectivity index is 1.51. The van der Waals surface area contributed by atoms with Gasteiger partial charge < -0.3 is 10.2 Å². The van der Waals surface area contributed by atoms with Gasteiger partial charge in [0.05, 0.1) is 0 Å². The Labute approximate surface area is 123 Å². The van der Waals surface area contributed by atoms with Crippen molar-refractivity contribution in [1.82, 2.24) is 0 Å². The summed E-state index contributed by atoms with van der Waals surface area (Å²) in [6, 6.07) is 0. The van der Waals surface area contributed by atoms with Crippen LogP contribution in [0, 0.1) is 59.2 Å². The minimum absolute atomic E-state index is 0.132. The van der Waals surface area contributed by atoms with Gasteiger partial charge in [-0.2, -0.15) is 0 Å². The Morgan fingerprint density at radius 2 is 1.50 bits per heavy atom. The molecule has 4 aliphatic rings.